The Labute approximate surface area is 381 Å². The van der Waals surface area contributed by atoms with E-state index in [9.17, 15) is 0 Å². The maximum Gasteiger partial charge on any atom is -0.000763 e. The van der Waals surface area contributed by atoms with Crippen LogP contribution in [0, 0.1) is 0 Å². The molecule has 14 aromatic rings. The molecule has 1 aliphatic rings. The lowest BCUT2D eigenvalue weighted by atomic mass is 9.80. The monoisotopic (exact) mass is 830 g/mol. The van der Waals surface area contributed by atoms with Crippen LogP contribution in [-0.4, -0.2) is 0 Å². The Morgan fingerprint density at radius 2 is 0.530 bits per heavy atom. The van der Waals surface area contributed by atoms with Crippen molar-refractivity contribution in [3.63, 3.8) is 0 Å². The molecule has 0 saturated heterocycles. The van der Waals surface area contributed by atoms with Gasteiger partial charge in [0.05, 0.1) is 0 Å². The SMILES string of the molecule is c1ccc(-c2cc3c(-c4ccccc4)ccc4c5ccc6c7c(ccc(c(c2)c34)c75)-c2cc3c(-c4ccccc4)c4c5ccccc5c5ccccc5c4c(-c4ccccc4)c3cc2-6)cc1. The van der Waals surface area contributed by atoms with Gasteiger partial charge in [-0.15, -0.1) is 0 Å². The largest absolute Gasteiger partial charge is 0.0622 e. The molecule has 0 fully saturated rings. The molecular formula is C66H38. The molecule has 0 heteroatoms. The zero-order chi connectivity index (χ0) is 43.0. The summed E-state index contributed by atoms with van der Waals surface area (Å²) in [4.78, 5) is 0. The van der Waals surface area contributed by atoms with Crippen LogP contribution in [0.2, 0.25) is 0 Å². The Bertz CT molecular complexity index is 4190. The zero-order valence-electron chi connectivity index (χ0n) is 35.9. The standard InChI is InChI=1S/C66H38/c1-5-17-39(18-6-1)43-35-56-44(40-19-7-2-8-20-40)29-30-49-50-31-32-51-54-37-58-59(38-55(54)52-33-34-53(63(50)64(51)52)57(36-43)62(49)56)61(42-23-11-4-12-24-42)66-48-28-16-14-26-46(48)45-25-13-15-27-47(45)65(66)60(58)41-21-9-3-10-22-41/h1-38H. The zero-order valence-corrected chi connectivity index (χ0v) is 35.9. The van der Waals surface area contributed by atoms with Crippen molar-refractivity contribution in [2.75, 3.05) is 0 Å². The molecule has 0 aliphatic heterocycles. The van der Waals surface area contributed by atoms with Crippen molar-refractivity contribution in [3.05, 3.63) is 231 Å². The van der Waals surface area contributed by atoms with E-state index < -0.39 is 0 Å². The molecule has 0 nitrogen and oxygen atoms in total. The van der Waals surface area contributed by atoms with E-state index in [0.717, 1.165) is 0 Å². The molecule has 0 aromatic heterocycles. The average molecular weight is 831 g/mol. The highest BCUT2D eigenvalue weighted by Gasteiger charge is 2.29. The second-order valence-corrected chi connectivity index (χ2v) is 18.2. The molecule has 15 rings (SSSR count). The van der Waals surface area contributed by atoms with Crippen LogP contribution in [0.15, 0.2) is 231 Å². The Morgan fingerprint density at radius 1 is 0.152 bits per heavy atom. The second-order valence-electron chi connectivity index (χ2n) is 18.2. The van der Waals surface area contributed by atoms with Crippen molar-refractivity contribution in [1.82, 2.24) is 0 Å². The normalized spacial score (nSPS) is 12.2. The van der Waals surface area contributed by atoms with Crippen molar-refractivity contribution in [2.45, 2.75) is 0 Å². The summed E-state index contributed by atoms with van der Waals surface area (Å²) in [6.45, 7) is 0. The molecule has 0 heterocycles. The molecule has 0 amide bonds. The van der Waals surface area contributed by atoms with Crippen LogP contribution >= 0.6 is 0 Å². The molecule has 0 spiro atoms. The highest BCUT2D eigenvalue weighted by molar-refractivity contribution is 6.40. The molecule has 1 aliphatic carbocycles. The fourth-order valence-corrected chi connectivity index (χ4v) is 12.2. The number of hydrogen-bond acceptors (Lipinski definition) is 0. The molecule has 0 saturated carbocycles. The van der Waals surface area contributed by atoms with Gasteiger partial charge < -0.3 is 0 Å². The van der Waals surface area contributed by atoms with Crippen LogP contribution < -0.4 is 0 Å². The van der Waals surface area contributed by atoms with Crippen molar-refractivity contribution in [1.29, 1.82) is 0 Å². The number of benzene rings is 14. The van der Waals surface area contributed by atoms with E-state index in [1.807, 2.05) is 0 Å². The van der Waals surface area contributed by atoms with E-state index in [1.165, 1.54) is 153 Å². The van der Waals surface area contributed by atoms with Crippen molar-refractivity contribution >= 4 is 86.2 Å². The van der Waals surface area contributed by atoms with Crippen LogP contribution in [-0.2, 0) is 0 Å². The Hall–Kier alpha value is -8.58. The van der Waals surface area contributed by atoms with Gasteiger partial charge in [-0.1, -0.05) is 206 Å². The van der Waals surface area contributed by atoms with Gasteiger partial charge in [0.1, 0.15) is 0 Å². The van der Waals surface area contributed by atoms with Crippen LogP contribution in [0.5, 0.6) is 0 Å². The first-order valence-corrected chi connectivity index (χ1v) is 23.1. The third-order valence-electron chi connectivity index (χ3n) is 14.9. The summed E-state index contributed by atoms with van der Waals surface area (Å²) >= 11 is 0. The van der Waals surface area contributed by atoms with Crippen LogP contribution in [0.1, 0.15) is 0 Å². The minimum Gasteiger partial charge on any atom is -0.0622 e. The van der Waals surface area contributed by atoms with Gasteiger partial charge in [-0.05, 0) is 177 Å². The van der Waals surface area contributed by atoms with Gasteiger partial charge >= 0.3 is 0 Å². The number of rotatable bonds is 4. The number of hydrogen-bond donors (Lipinski definition) is 0. The first-order valence-electron chi connectivity index (χ1n) is 23.1. The fourth-order valence-electron chi connectivity index (χ4n) is 12.2. The van der Waals surface area contributed by atoms with Gasteiger partial charge in [-0.3, -0.25) is 0 Å². The molecular weight excluding hydrogens is 793 g/mol. The topological polar surface area (TPSA) is 0 Å². The van der Waals surface area contributed by atoms with Crippen LogP contribution in [0.3, 0.4) is 0 Å². The molecule has 0 bridgehead atoms. The average Bonchev–Trinajstić information content (AvgIpc) is 3.71. The lowest BCUT2D eigenvalue weighted by molar-refractivity contribution is 1.64. The maximum absolute atomic E-state index is 2.55. The predicted octanol–water partition coefficient (Wildman–Crippen LogP) is 18.7. The predicted molar refractivity (Wildman–Crippen MR) is 284 cm³/mol. The van der Waals surface area contributed by atoms with E-state index in [0.29, 0.717) is 0 Å². The van der Waals surface area contributed by atoms with Gasteiger partial charge in [0, 0.05) is 0 Å². The molecule has 0 atom stereocenters. The summed E-state index contributed by atoms with van der Waals surface area (Å²) < 4.78 is 0. The fraction of sp³-hybridized carbons (Fsp3) is 0. The molecule has 302 valence electrons. The molecule has 14 aromatic carbocycles. The van der Waals surface area contributed by atoms with E-state index in [-0.39, 0.29) is 0 Å². The van der Waals surface area contributed by atoms with Crippen molar-refractivity contribution in [3.8, 4) is 66.8 Å². The van der Waals surface area contributed by atoms with E-state index in [1.54, 1.807) is 0 Å². The van der Waals surface area contributed by atoms with Gasteiger partial charge in [0.15, 0.2) is 0 Å². The Balaban J connectivity index is 1.11. The third-order valence-corrected chi connectivity index (χ3v) is 14.9. The summed E-state index contributed by atoms with van der Waals surface area (Å²) in [6, 6.07) is 86.6. The lowest BCUT2D eigenvalue weighted by Gasteiger charge is -2.22. The summed E-state index contributed by atoms with van der Waals surface area (Å²) in [5.41, 5.74) is 15.2. The summed E-state index contributed by atoms with van der Waals surface area (Å²) in [7, 11) is 0. The summed E-state index contributed by atoms with van der Waals surface area (Å²) in [6.07, 6.45) is 0. The van der Waals surface area contributed by atoms with Gasteiger partial charge in [0.25, 0.3) is 0 Å². The first-order chi connectivity index (χ1) is 32.8. The third kappa shape index (κ3) is 4.83. The van der Waals surface area contributed by atoms with E-state index in [2.05, 4.69) is 231 Å². The highest BCUT2D eigenvalue weighted by atomic mass is 14.3. The minimum atomic E-state index is 1.23. The van der Waals surface area contributed by atoms with E-state index in [4.69, 9.17) is 0 Å². The summed E-state index contributed by atoms with van der Waals surface area (Å²) in [5.74, 6) is 0. The second kappa shape index (κ2) is 13.5. The summed E-state index contributed by atoms with van der Waals surface area (Å²) in [5, 5.41) is 20.9. The quantitative estimate of drug-likeness (QED) is 0.122. The highest BCUT2D eigenvalue weighted by Crippen LogP contribution is 2.57. The molecule has 0 N–H and O–H groups in total. The first kappa shape index (κ1) is 35.8. The molecule has 0 unspecified atom stereocenters. The van der Waals surface area contributed by atoms with Crippen LogP contribution in [0.4, 0.5) is 0 Å². The van der Waals surface area contributed by atoms with Gasteiger partial charge in [-0.25, -0.2) is 0 Å². The van der Waals surface area contributed by atoms with Crippen LogP contribution in [0.25, 0.3) is 153 Å². The lowest BCUT2D eigenvalue weighted by Crippen LogP contribution is -1.94. The van der Waals surface area contributed by atoms with Crippen molar-refractivity contribution in [2.24, 2.45) is 0 Å². The van der Waals surface area contributed by atoms with Gasteiger partial charge in [-0.2, -0.15) is 0 Å². The minimum absolute atomic E-state index is 1.23. The van der Waals surface area contributed by atoms with E-state index >= 15 is 0 Å². The Kier molecular flexibility index (Phi) is 7.31. The number of fused-ring (bicyclic) bond motifs is 12. The molecule has 66 heavy (non-hydrogen) atoms. The van der Waals surface area contributed by atoms with Gasteiger partial charge in [0.2, 0.25) is 0 Å². The Morgan fingerprint density at radius 3 is 1.05 bits per heavy atom. The smallest absolute Gasteiger partial charge is 0.000763 e. The molecule has 0 radical (unpaired) electrons. The van der Waals surface area contributed by atoms with Crippen molar-refractivity contribution < 1.29 is 0 Å². The maximum atomic E-state index is 2.55.